The molecular formula is C10H10N2O2S. The van der Waals surface area contributed by atoms with Crippen molar-refractivity contribution in [3.63, 3.8) is 0 Å². The highest BCUT2D eigenvalue weighted by molar-refractivity contribution is 7.98. The van der Waals surface area contributed by atoms with Crippen LogP contribution in [0.15, 0.2) is 39.8 Å². The topological polar surface area (TPSA) is 59.2 Å². The predicted octanol–water partition coefficient (Wildman–Crippen LogP) is 1.85. The second-order valence-corrected chi connectivity index (χ2v) is 3.91. The monoisotopic (exact) mass is 222 g/mol. The van der Waals surface area contributed by atoms with Crippen molar-refractivity contribution < 1.29 is 9.63 Å². The average Bonchev–Trinajstić information content (AvgIpc) is 2.76. The van der Waals surface area contributed by atoms with Crippen molar-refractivity contribution in [1.82, 2.24) is 10.1 Å². The summed E-state index contributed by atoms with van der Waals surface area (Å²) in [5.74, 6) is 1.51. The lowest BCUT2D eigenvalue weighted by atomic mass is 10.4. The van der Waals surface area contributed by atoms with Crippen molar-refractivity contribution in [1.29, 1.82) is 0 Å². The van der Waals surface area contributed by atoms with Gasteiger partial charge in [0.15, 0.2) is 5.82 Å². The Balaban J connectivity index is 1.93. The molecule has 0 saturated heterocycles. The van der Waals surface area contributed by atoms with Gasteiger partial charge in [-0.25, -0.2) is 0 Å². The van der Waals surface area contributed by atoms with Crippen LogP contribution in [0.25, 0.3) is 0 Å². The van der Waals surface area contributed by atoms with E-state index in [1.165, 1.54) is 0 Å². The molecule has 0 unspecified atom stereocenters. The molecule has 0 aliphatic rings. The summed E-state index contributed by atoms with van der Waals surface area (Å²) in [6.07, 6.45) is 0. The minimum Gasteiger partial charge on any atom is -0.387 e. The van der Waals surface area contributed by atoms with E-state index in [2.05, 4.69) is 10.1 Å². The minimum absolute atomic E-state index is 0.205. The summed E-state index contributed by atoms with van der Waals surface area (Å²) in [7, 11) is 0. The zero-order valence-corrected chi connectivity index (χ0v) is 8.78. The Morgan fingerprint density at radius 3 is 2.73 bits per heavy atom. The molecule has 4 nitrogen and oxygen atoms in total. The highest BCUT2D eigenvalue weighted by Gasteiger charge is 2.04. The normalized spacial score (nSPS) is 10.5. The summed E-state index contributed by atoms with van der Waals surface area (Å²) in [4.78, 5) is 5.16. The molecule has 1 aromatic heterocycles. The molecule has 0 aliphatic heterocycles. The van der Waals surface area contributed by atoms with Gasteiger partial charge in [-0.05, 0) is 12.1 Å². The lowest BCUT2D eigenvalue weighted by Gasteiger charge is -1.95. The number of rotatable bonds is 4. The molecule has 0 saturated carbocycles. The number of hydrogen-bond donors (Lipinski definition) is 1. The van der Waals surface area contributed by atoms with Gasteiger partial charge in [0.2, 0.25) is 0 Å². The maximum Gasteiger partial charge on any atom is 0.252 e. The second-order valence-electron chi connectivity index (χ2n) is 2.86. The molecular weight excluding hydrogens is 212 g/mol. The number of aliphatic hydroxyl groups excluding tert-OH is 1. The number of benzene rings is 1. The Morgan fingerprint density at radius 1 is 1.27 bits per heavy atom. The van der Waals surface area contributed by atoms with E-state index in [1.807, 2.05) is 30.3 Å². The van der Waals surface area contributed by atoms with Crippen molar-refractivity contribution in [2.24, 2.45) is 0 Å². The van der Waals surface area contributed by atoms with Crippen LogP contribution in [0.4, 0.5) is 0 Å². The lowest BCUT2D eigenvalue weighted by Crippen LogP contribution is -1.85. The molecule has 0 amide bonds. The SMILES string of the molecule is OCc1nc(CSc2ccccc2)no1. The molecule has 2 aromatic rings. The van der Waals surface area contributed by atoms with Crippen molar-refractivity contribution >= 4 is 11.8 Å². The van der Waals surface area contributed by atoms with Crippen LogP contribution in [0.1, 0.15) is 11.7 Å². The smallest absolute Gasteiger partial charge is 0.252 e. The number of hydrogen-bond acceptors (Lipinski definition) is 5. The molecule has 0 atom stereocenters. The van der Waals surface area contributed by atoms with Crippen molar-refractivity contribution in [2.75, 3.05) is 0 Å². The molecule has 78 valence electrons. The first kappa shape index (κ1) is 10.2. The molecule has 0 spiro atoms. The van der Waals surface area contributed by atoms with Gasteiger partial charge in [0.1, 0.15) is 6.61 Å². The van der Waals surface area contributed by atoms with E-state index in [1.54, 1.807) is 11.8 Å². The van der Waals surface area contributed by atoms with Gasteiger partial charge in [0.25, 0.3) is 5.89 Å². The van der Waals surface area contributed by atoms with Crippen LogP contribution < -0.4 is 0 Å². The molecule has 0 radical (unpaired) electrons. The molecule has 1 aromatic carbocycles. The first-order chi connectivity index (χ1) is 7.38. The van der Waals surface area contributed by atoms with Crippen molar-refractivity contribution in [3.05, 3.63) is 42.0 Å². The van der Waals surface area contributed by atoms with E-state index >= 15 is 0 Å². The van der Waals surface area contributed by atoms with Crippen LogP contribution >= 0.6 is 11.8 Å². The maximum atomic E-state index is 8.73. The fraction of sp³-hybridized carbons (Fsp3) is 0.200. The number of aliphatic hydroxyl groups is 1. The van der Waals surface area contributed by atoms with Crippen LogP contribution in [0.2, 0.25) is 0 Å². The molecule has 1 heterocycles. The van der Waals surface area contributed by atoms with Crippen LogP contribution in [-0.2, 0) is 12.4 Å². The lowest BCUT2D eigenvalue weighted by molar-refractivity contribution is 0.222. The Labute approximate surface area is 91.3 Å². The summed E-state index contributed by atoms with van der Waals surface area (Å²) < 4.78 is 4.78. The predicted molar refractivity (Wildman–Crippen MR) is 56.2 cm³/mol. The minimum atomic E-state index is -0.205. The number of thioether (sulfide) groups is 1. The van der Waals surface area contributed by atoms with E-state index in [9.17, 15) is 0 Å². The maximum absolute atomic E-state index is 8.73. The van der Waals surface area contributed by atoms with Crippen LogP contribution in [0.3, 0.4) is 0 Å². The quantitative estimate of drug-likeness (QED) is 0.800. The van der Waals surface area contributed by atoms with Crippen molar-refractivity contribution in [2.45, 2.75) is 17.3 Å². The van der Waals surface area contributed by atoms with Crippen molar-refractivity contribution in [3.8, 4) is 0 Å². The summed E-state index contributed by atoms with van der Waals surface area (Å²) in [5, 5.41) is 12.5. The summed E-state index contributed by atoms with van der Waals surface area (Å²) >= 11 is 1.63. The van der Waals surface area contributed by atoms with E-state index in [4.69, 9.17) is 9.63 Å². The second kappa shape index (κ2) is 4.95. The third kappa shape index (κ3) is 2.81. The van der Waals surface area contributed by atoms with E-state index in [0.29, 0.717) is 11.6 Å². The zero-order chi connectivity index (χ0) is 10.5. The Morgan fingerprint density at radius 2 is 2.07 bits per heavy atom. The van der Waals surface area contributed by atoms with Gasteiger partial charge in [-0.3, -0.25) is 0 Å². The standard InChI is InChI=1S/C10H10N2O2S/c13-6-10-11-9(12-14-10)7-15-8-4-2-1-3-5-8/h1-5,13H,6-7H2. The van der Waals surface area contributed by atoms with Gasteiger partial charge in [-0.2, -0.15) is 4.98 Å². The summed E-state index contributed by atoms with van der Waals surface area (Å²) in [6.45, 7) is -0.205. The average molecular weight is 222 g/mol. The van der Waals surface area contributed by atoms with Gasteiger partial charge >= 0.3 is 0 Å². The van der Waals surface area contributed by atoms with Crippen LogP contribution in [0.5, 0.6) is 0 Å². The largest absolute Gasteiger partial charge is 0.387 e. The van der Waals surface area contributed by atoms with E-state index in [0.717, 1.165) is 4.90 Å². The molecule has 15 heavy (non-hydrogen) atoms. The van der Waals surface area contributed by atoms with E-state index < -0.39 is 0 Å². The van der Waals surface area contributed by atoms with Gasteiger partial charge in [0.05, 0.1) is 5.75 Å². The molecule has 0 aliphatic carbocycles. The van der Waals surface area contributed by atoms with Gasteiger partial charge in [-0.1, -0.05) is 23.4 Å². The van der Waals surface area contributed by atoms with E-state index in [-0.39, 0.29) is 12.5 Å². The fourth-order valence-corrected chi connectivity index (χ4v) is 1.84. The highest BCUT2D eigenvalue weighted by Crippen LogP contribution is 2.20. The molecule has 5 heteroatoms. The van der Waals surface area contributed by atoms with Gasteiger partial charge in [-0.15, -0.1) is 11.8 Å². The van der Waals surface area contributed by atoms with Crippen LogP contribution in [0, 0.1) is 0 Å². The third-order valence-electron chi connectivity index (χ3n) is 1.76. The summed E-state index contributed by atoms with van der Waals surface area (Å²) in [5.41, 5.74) is 0. The summed E-state index contributed by atoms with van der Waals surface area (Å²) in [6, 6.07) is 9.99. The first-order valence-electron chi connectivity index (χ1n) is 4.48. The highest BCUT2D eigenvalue weighted by atomic mass is 32.2. The van der Waals surface area contributed by atoms with Crippen LogP contribution in [-0.4, -0.2) is 15.2 Å². The zero-order valence-electron chi connectivity index (χ0n) is 7.96. The number of nitrogens with zero attached hydrogens (tertiary/aromatic N) is 2. The Hall–Kier alpha value is -1.33. The Kier molecular flexibility index (Phi) is 3.37. The molecule has 1 N–H and O–H groups in total. The van der Waals surface area contributed by atoms with Gasteiger partial charge < -0.3 is 9.63 Å². The first-order valence-corrected chi connectivity index (χ1v) is 5.47. The molecule has 2 rings (SSSR count). The molecule has 0 fully saturated rings. The fourth-order valence-electron chi connectivity index (χ4n) is 1.08. The third-order valence-corrected chi connectivity index (χ3v) is 2.76. The number of aromatic nitrogens is 2. The Bertz CT molecular complexity index is 416. The van der Waals surface area contributed by atoms with Gasteiger partial charge in [0, 0.05) is 4.90 Å². The molecule has 0 bridgehead atoms.